The smallest absolute Gasteiger partial charge is 0.243 e. The molecule has 0 aromatic heterocycles. The van der Waals surface area contributed by atoms with Crippen LogP contribution in [0.25, 0.3) is 0 Å². The topological polar surface area (TPSA) is 55.1 Å². The van der Waals surface area contributed by atoms with Crippen LogP contribution in [0.4, 0.5) is 5.69 Å². The van der Waals surface area contributed by atoms with E-state index in [2.05, 4.69) is 5.32 Å². The summed E-state index contributed by atoms with van der Waals surface area (Å²) >= 11 is 0. The van der Waals surface area contributed by atoms with E-state index in [9.17, 15) is 4.79 Å². The number of amides is 1. The summed E-state index contributed by atoms with van der Waals surface area (Å²) in [5.74, 6) is -0.442. The number of primary amides is 1. The van der Waals surface area contributed by atoms with Crippen molar-refractivity contribution >= 4 is 11.6 Å². The molecule has 0 radical (unpaired) electrons. The highest BCUT2D eigenvalue weighted by molar-refractivity contribution is 5.87. The first-order chi connectivity index (χ1) is 6.58. The predicted octanol–water partition coefficient (Wildman–Crippen LogP) is 1.80. The number of nitrogens with two attached hydrogens (primary N) is 1. The van der Waals surface area contributed by atoms with Crippen molar-refractivity contribution in [3.05, 3.63) is 41.6 Å². The molecule has 1 aromatic carbocycles. The Kier molecular flexibility index (Phi) is 3.29. The van der Waals surface area contributed by atoms with Crippen LogP contribution in [0.5, 0.6) is 0 Å². The van der Waals surface area contributed by atoms with Gasteiger partial charge in [-0.15, -0.1) is 0 Å². The molecule has 0 aliphatic carbocycles. The van der Waals surface area contributed by atoms with Crippen molar-refractivity contribution in [2.75, 3.05) is 5.32 Å². The van der Waals surface area contributed by atoms with Crippen LogP contribution in [-0.4, -0.2) is 5.91 Å². The monoisotopic (exact) mass is 190 g/mol. The third-order valence-corrected chi connectivity index (χ3v) is 1.72. The fourth-order valence-electron chi connectivity index (χ4n) is 1.20. The van der Waals surface area contributed by atoms with E-state index in [0.717, 1.165) is 11.4 Å². The molecule has 0 aliphatic heterocycles. The highest BCUT2D eigenvalue weighted by Gasteiger charge is 1.94. The number of carbonyl (C=O) groups excluding carboxylic acids is 1. The highest BCUT2D eigenvalue weighted by atomic mass is 16.1. The van der Waals surface area contributed by atoms with Crippen molar-refractivity contribution < 1.29 is 4.79 Å². The Balaban J connectivity index is 2.74. The molecule has 3 nitrogen and oxygen atoms in total. The molecule has 0 aliphatic rings. The summed E-state index contributed by atoms with van der Waals surface area (Å²) < 4.78 is 0. The largest absolute Gasteiger partial charge is 0.366 e. The van der Waals surface area contributed by atoms with Crippen LogP contribution in [0.1, 0.15) is 12.5 Å². The fraction of sp³-hybridized carbons (Fsp3) is 0.182. The lowest BCUT2D eigenvalue weighted by Crippen LogP contribution is -2.09. The van der Waals surface area contributed by atoms with Crippen molar-refractivity contribution in [2.24, 2.45) is 5.73 Å². The van der Waals surface area contributed by atoms with E-state index >= 15 is 0 Å². The highest BCUT2D eigenvalue weighted by Crippen LogP contribution is 2.11. The van der Waals surface area contributed by atoms with E-state index in [4.69, 9.17) is 5.73 Å². The lowest BCUT2D eigenvalue weighted by atomic mass is 10.2. The van der Waals surface area contributed by atoms with E-state index in [1.807, 2.05) is 31.2 Å². The lowest BCUT2D eigenvalue weighted by molar-refractivity contribution is -0.113. The molecule has 0 fully saturated rings. The van der Waals surface area contributed by atoms with Crippen LogP contribution in [0.2, 0.25) is 0 Å². The molecular formula is C11H14N2O. The molecule has 14 heavy (non-hydrogen) atoms. The number of benzene rings is 1. The number of anilines is 1. The summed E-state index contributed by atoms with van der Waals surface area (Å²) in [5, 5.41) is 3.07. The van der Waals surface area contributed by atoms with Crippen LogP contribution < -0.4 is 11.1 Å². The summed E-state index contributed by atoms with van der Waals surface area (Å²) in [5.41, 5.74) is 7.89. The van der Waals surface area contributed by atoms with E-state index < -0.39 is 5.91 Å². The number of nitrogens with one attached hydrogen (secondary N) is 1. The summed E-state index contributed by atoms with van der Waals surface area (Å²) in [6, 6.07) is 7.90. The van der Waals surface area contributed by atoms with Crippen LogP contribution in [0.3, 0.4) is 0 Å². The molecule has 74 valence electrons. The van der Waals surface area contributed by atoms with Gasteiger partial charge in [0.15, 0.2) is 0 Å². The molecule has 0 atom stereocenters. The predicted molar refractivity (Wildman–Crippen MR) is 57.8 cm³/mol. The second-order valence-corrected chi connectivity index (χ2v) is 3.22. The van der Waals surface area contributed by atoms with Gasteiger partial charge < -0.3 is 11.1 Å². The first-order valence-electron chi connectivity index (χ1n) is 4.39. The summed E-state index contributed by atoms with van der Waals surface area (Å²) in [7, 11) is 0. The Morgan fingerprint density at radius 3 is 2.79 bits per heavy atom. The molecule has 3 N–H and O–H groups in total. The number of hydrogen-bond donors (Lipinski definition) is 2. The van der Waals surface area contributed by atoms with Gasteiger partial charge in [0.25, 0.3) is 0 Å². The maximum absolute atomic E-state index is 10.6. The average Bonchev–Trinajstić information content (AvgIpc) is 2.01. The van der Waals surface area contributed by atoms with Crippen LogP contribution in [-0.2, 0) is 4.79 Å². The van der Waals surface area contributed by atoms with Gasteiger partial charge in [0.05, 0.1) is 0 Å². The molecule has 0 heterocycles. The maximum Gasteiger partial charge on any atom is 0.243 e. The minimum atomic E-state index is -0.442. The van der Waals surface area contributed by atoms with Gasteiger partial charge in [0.2, 0.25) is 5.91 Å². The van der Waals surface area contributed by atoms with Gasteiger partial charge in [-0.1, -0.05) is 12.1 Å². The van der Waals surface area contributed by atoms with E-state index in [1.54, 1.807) is 6.92 Å². The molecule has 1 rings (SSSR count). The maximum atomic E-state index is 10.6. The number of carbonyl (C=O) groups is 1. The zero-order valence-corrected chi connectivity index (χ0v) is 8.37. The minimum absolute atomic E-state index is 0.442. The van der Waals surface area contributed by atoms with E-state index in [0.29, 0.717) is 0 Å². The Labute approximate surface area is 83.6 Å². The van der Waals surface area contributed by atoms with Crippen molar-refractivity contribution in [3.63, 3.8) is 0 Å². The van der Waals surface area contributed by atoms with Crippen LogP contribution in [0.15, 0.2) is 36.0 Å². The fourth-order valence-corrected chi connectivity index (χ4v) is 1.20. The number of hydrogen-bond acceptors (Lipinski definition) is 2. The molecule has 0 bridgehead atoms. The SMILES string of the molecule is C/C(=C/C(N)=O)Nc1cccc(C)c1. The van der Waals surface area contributed by atoms with Crippen molar-refractivity contribution in [1.82, 2.24) is 0 Å². The number of aryl methyl sites for hydroxylation is 1. The number of rotatable bonds is 3. The molecule has 0 spiro atoms. The van der Waals surface area contributed by atoms with Gasteiger partial charge in [0.1, 0.15) is 0 Å². The summed E-state index contributed by atoms with van der Waals surface area (Å²) in [6.45, 7) is 3.81. The van der Waals surface area contributed by atoms with Crippen molar-refractivity contribution in [2.45, 2.75) is 13.8 Å². The van der Waals surface area contributed by atoms with Gasteiger partial charge in [0, 0.05) is 17.5 Å². The molecule has 1 aromatic rings. The summed E-state index contributed by atoms with van der Waals surface area (Å²) in [6.07, 6.45) is 1.36. The average molecular weight is 190 g/mol. The van der Waals surface area contributed by atoms with Crippen molar-refractivity contribution in [1.29, 1.82) is 0 Å². The summed E-state index contributed by atoms with van der Waals surface area (Å²) in [4.78, 5) is 10.6. The van der Waals surface area contributed by atoms with Crippen LogP contribution in [0, 0.1) is 6.92 Å². The van der Waals surface area contributed by atoms with Gasteiger partial charge in [-0.3, -0.25) is 4.79 Å². The molecule has 0 saturated heterocycles. The van der Waals surface area contributed by atoms with Gasteiger partial charge in [-0.05, 0) is 31.5 Å². The normalized spacial score (nSPS) is 11.1. The Hall–Kier alpha value is -1.77. The lowest BCUT2D eigenvalue weighted by Gasteiger charge is -2.06. The molecule has 0 unspecified atom stereocenters. The van der Waals surface area contributed by atoms with Crippen molar-refractivity contribution in [3.8, 4) is 0 Å². The van der Waals surface area contributed by atoms with Gasteiger partial charge in [-0.2, -0.15) is 0 Å². The van der Waals surface area contributed by atoms with E-state index in [1.165, 1.54) is 11.6 Å². The Morgan fingerprint density at radius 1 is 1.50 bits per heavy atom. The second-order valence-electron chi connectivity index (χ2n) is 3.22. The van der Waals surface area contributed by atoms with Gasteiger partial charge in [-0.25, -0.2) is 0 Å². The minimum Gasteiger partial charge on any atom is -0.366 e. The van der Waals surface area contributed by atoms with E-state index in [-0.39, 0.29) is 0 Å². The zero-order chi connectivity index (χ0) is 10.6. The first kappa shape index (κ1) is 10.3. The second kappa shape index (κ2) is 4.46. The number of allylic oxidation sites excluding steroid dienone is 1. The van der Waals surface area contributed by atoms with Gasteiger partial charge >= 0.3 is 0 Å². The first-order valence-corrected chi connectivity index (χ1v) is 4.39. The third-order valence-electron chi connectivity index (χ3n) is 1.72. The molecule has 1 amide bonds. The molecule has 0 saturated carbocycles. The third kappa shape index (κ3) is 3.31. The standard InChI is InChI=1S/C11H14N2O/c1-8-4-3-5-10(6-8)13-9(2)7-11(12)14/h3-7,13H,1-2H3,(H2,12,14)/b9-7-. The molecule has 3 heteroatoms. The molecular weight excluding hydrogens is 176 g/mol. The zero-order valence-electron chi connectivity index (χ0n) is 8.37. The Morgan fingerprint density at radius 2 is 2.21 bits per heavy atom. The Bertz CT molecular complexity index is 369. The quantitative estimate of drug-likeness (QED) is 0.714. The van der Waals surface area contributed by atoms with Crippen LogP contribution >= 0.6 is 0 Å².